The molecule has 0 radical (unpaired) electrons. The van der Waals surface area contributed by atoms with Crippen LogP contribution in [0.3, 0.4) is 0 Å². The van der Waals surface area contributed by atoms with E-state index in [1.807, 2.05) is 6.07 Å². The lowest BCUT2D eigenvalue weighted by molar-refractivity contribution is -0.142. The molecule has 1 heterocycles. The number of carbonyl (C=O) groups is 3. The van der Waals surface area contributed by atoms with E-state index in [0.29, 0.717) is 22.3 Å². The Morgan fingerprint density at radius 3 is 2.29 bits per heavy atom. The van der Waals surface area contributed by atoms with Crippen molar-refractivity contribution in [3.05, 3.63) is 71.8 Å². The van der Waals surface area contributed by atoms with Crippen LogP contribution in [-0.4, -0.2) is 44.9 Å². The monoisotopic (exact) mass is 424 g/mol. The Labute approximate surface area is 177 Å². The van der Waals surface area contributed by atoms with Gasteiger partial charge in [0.1, 0.15) is 17.9 Å². The maximum Gasteiger partial charge on any atom is 0.326 e. The number of benzene rings is 2. The molecule has 160 valence electrons. The van der Waals surface area contributed by atoms with Crippen molar-refractivity contribution in [3.8, 4) is 0 Å². The predicted octanol–water partition coefficient (Wildman–Crippen LogP) is 1.63. The molecule has 0 saturated heterocycles. The highest BCUT2D eigenvalue weighted by molar-refractivity contribution is 5.90. The zero-order chi connectivity index (χ0) is 22.4. The fraction of sp³-hybridized carbons (Fsp3) is 0.227. The summed E-state index contributed by atoms with van der Waals surface area (Å²) in [7, 11) is 0. The molecule has 0 aliphatic carbocycles. The predicted molar refractivity (Wildman–Crippen MR) is 111 cm³/mol. The number of hydrogen-bond donors (Lipinski definition) is 3. The normalized spacial score (nSPS) is 12.7. The summed E-state index contributed by atoms with van der Waals surface area (Å²) in [5.41, 5.74) is 2.30. The average Bonchev–Trinajstić information content (AvgIpc) is 2.73. The topological polar surface area (TPSA) is 121 Å². The summed E-state index contributed by atoms with van der Waals surface area (Å²) < 4.78 is 13.1. The molecule has 8 nitrogen and oxygen atoms in total. The Kier molecular flexibility index (Phi) is 6.86. The van der Waals surface area contributed by atoms with Gasteiger partial charge in [0, 0.05) is 26.0 Å². The molecule has 0 spiro atoms. The molecule has 1 aromatic heterocycles. The van der Waals surface area contributed by atoms with E-state index in [4.69, 9.17) is 0 Å². The number of para-hydroxylation sites is 2. The molecule has 3 N–H and O–H groups in total. The molecule has 0 aliphatic rings. The molecule has 0 fully saturated rings. The van der Waals surface area contributed by atoms with Crippen molar-refractivity contribution >= 4 is 28.8 Å². The fourth-order valence-electron chi connectivity index (χ4n) is 3.09. The van der Waals surface area contributed by atoms with E-state index < -0.39 is 35.7 Å². The second-order valence-electron chi connectivity index (χ2n) is 7.04. The molecule has 3 aromatic rings. The van der Waals surface area contributed by atoms with Crippen LogP contribution in [0.15, 0.2) is 54.7 Å². The molecule has 2 amide bonds. The Morgan fingerprint density at radius 1 is 0.968 bits per heavy atom. The first-order chi connectivity index (χ1) is 14.8. The number of rotatable bonds is 8. The Bertz CT molecular complexity index is 1100. The second kappa shape index (κ2) is 9.75. The smallest absolute Gasteiger partial charge is 0.326 e. The maximum atomic E-state index is 13.1. The third kappa shape index (κ3) is 6.05. The number of nitrogens with zero attached hydrogens (tertiary/aromatic N) is 2. The lowest BCUT2D eigenvalue weighted by Gasteiger charge is -2.21. The number of fused-ring (bicyclic) bond motifs is 1. The summed E-state index contributed by atoms with van der Waals surface area (Å²) in [6.45, 7) is 1.25. The van der Waals surface area contributed by atoms with E-state index in [1.165, 1.54) is 37.4 Å². The van der Waals surface area contributed by atoms with Crippen molar-refractivity contribution in [2.75, 3.05) is 0 Å². The lowest BCUT2D eigenvalue weighted by atomic mass is 10.0. The van der Waals surface area contributed by atoms with Gasteiger partial charge in [-0.1, -0.05) is 24.3 Å². The summed E-state index contributed by atoms with van der Waals surface area (Å²) in [6, 6.07) is 10.4. The third-order valence-corrected chi connectivity index (χ3v) is 4.57. The number of amides is 2. The van der Waals surface area contributed by atoms with Crippen molar-refractivity contribution in [1.82, 2.24) is 20.6 Å². The summed E-state index contributed by atoms with van der Waals surface area (Å²) >= 11 is 0. The van der Waals surface area contributed by atoms with Gasteiger partial charge in [-0.2, -0.15) is 0 Å². The maximum absolute atomic E-state index is 13.1. The van der Waals surface area contributed by atoms with Crippen LogP contribution in [0.2, 0.25) is 0 Å². The number of hydrogen-bond acceptors (Lipinski definition) is 5. The standard InChI is InChI=1S/C22H21FN4O4/c1-13(28)25-19(10-14-6-8-15(23)9-7-14)21(29)27-20(22(30)31)11-16-12-24-17-4-2-3-5-18(17)26-16/h2-9,12,19-20H,10-11H2,1H3,(H,25,28)(H,27,29)(H,30,31)/t19-,20+/m1/s1. The van der Waals surface area contributed by atoms with E-state index >= 15 is 0 Å². The summed E-state index contributed by atoms with van der Waals surface area (Å²) in [5, 5.41) is 14.6. The molecule has 0 saturated carbocycles. The van der Waals surface area contributed by atoms with Gasteiger partial charge in [-0.25, -0.2) is 14.2 Å². The number of carboxylic acids is 1. The first-order valence-electron chi connectivity index (χ1n) is 9.57. The summed E-state index contributed by atoms with van der Waals surface area (Å²) in [6.07, 6.45) is 1.46. The van der Waals surface area contributed by atoms with Crippen molar-refractivity contribution in [1.29, 1.82) is 0 Å². The van der Waals surface area contributed by atoms with Gasteiger partial charge in [0.2, 0.25) is 11.8 Å². The van der Waals surface area contributed by atoms with Gasteiger partial charge in [0.25, 0.3) is 0 Å². The first-order valence-corrected chi connectivity index (χ1v) is 9.57. The van der Waals surface area contributed by atoms with Gasteiger partial charge in [-0.3, -0.25) is 14.6 Å². The summed E-state index contributed by atoms with van der Waals surface area (Å²) in [5.74, 6) is -2.78. The number of aromatic nitrogens is 2. The number of carboxylic acid groups (broad SMARTS) is 1. The highest BCUT2D eigenvalue weighted by Crippen LogP contribution is 2.11. The van der Waals surface area contributed by atoms with E-state index in [1.54, 1.807) is 18.2 Å². The van der Waals surface area contributed by atoms with Gasteiger partial charge >= 0.3 is 5.97 Å². The molecule has 0 bridgehead atoms. The number of halogens is 1. The van der Waals surface area contributed by atoms with Crippen molar-refractivity contribution in [3.63, 3.8) is 0 Å². The van der Waals surface area contributed by atoms with Crippen LogP contribution >= 0.6 is 0 Å². The minimum atomic E-state index is -1.27. The lowest BCUT2D eigenvalue weighted by Crippen LogP contribution is -2.52. The Morgan fingerprint density at radius 2 is 1.65 bits per heavy atom. The quantitative estimate of drug-likeness (QED) is 0.505. The Balaban J connectivity index is 1.74. The number of aliphatic carboxylic acids is 1. The van der Waals surface area contributed by atoms with Crippen LogP contribution < -0.4 is 10.6 Å². The average molecular weight is 424 g/mol. The minimum absolute atomic E-state index is 0.0772. The number of carbonyl (C=O) groups excluding carboxylic acids is 2. The molecule has 0 unspecified atom stereocenters. The largest absolute Gasteiger partial charge is 0.480 e. The molecule has 3 rings (SSSR count). The first kappa shape index (κ1) is 21.8. The molecular formula is C22H21FN4O4. The molecule has 0 aliphatic heterocycles. The fourth-order valence-corrected chi connectivity index (χ4v) is 3.09. The number of nitrogens with one attached hydrogen (secondary N) is 2. The molecule has 9 heteroatoms. The van der Waals surface area contributed by atoms with Crippen molar-refractivity contribution in [2.24, 2.45) is 0 Å². The second-order valence-corrected chi connectivity index (χ2v) is 7.04. The highest BCUT2D eigenvalue weighted by Gasteiger charge is 2.27. The zero-order valence-electron chi connectivity index (χ0n) is 16.7. The van der Waals surface area contributed by atoms with Gasteiger partial charge in [-0.15, -0.1) is 0 Å². The molecule has 2 atom stereocenters. The zero-order valence-corrected chi connectivity index (χ0v) is 16.7. The van der Waals surface area contributed by atoms with E-state index in [9.17, 15) is 23.9 Å². The van der Waals surface area contributed by atoms with Gasteiger partial charge < -0.3 is 15.7 Å². The SMILES string of the molecule is CC(=O)N[C@H](Cc1ccc(F)cc1)C(=O)N[C@@H](Cc1cnc2ccccc2n1)C(=O)O. The molecule has 31 heavy (non-hydrogen) atoms. The van der Waals surface area contributed by atoms with Crippen LogP contribution in [0.1, 0.15) is 18.2 Å². The van der Waals surface area contributed by atoms with E-state index in [0.717, 1.165) is 0 Å². The van der Waals surface area contributed by atoms with Crippen LogP contribution in [0.25, 0.3) is 11.0 Å². The van der Waals surface area contributed by atoms with Crippen LogP contribution in [0.5, 0.6) is 0 Å². The van der Waals surface area contributed by atoms with Crippen LogP contribution in [-0.2, 0) is 27.2 Å². The van der Waals surface area contributed by atoms with Gasteiger partial charge in [-0.05, 0) is 29.8 Å². The van der Waals surface area contributed by atoms with Crippen molar-refractivity contribution in [2.45, 2.75) is 31.8 Å². The van der Waals surface area contributed by atoms with E-state index in [-0.39, 0.29) is 12.8 Å². The Hall–Kier alpha value is -3.88. The minimum Gasteiger partial charge on any atom is -0.480 e. The van der Waals surface area contributed by atoms with Crippen LogP contribution in [0, 0.1) is 5.82 Å². The van der Waals surface area contributed by atoms with Gasteiger partial charge in [0.15, 0.2) is 0 Å². The van der Waals surface area contributed by atoms with Crippen molar-refractivity contribution < 1.29 is 23.9 Å². The molecule has 2 aromatic carbocycles. The third-order valence-electron chi connectivity index (χ3n) is 4.57. The molecular weight excluding hydrogens is 403 g/mol. The van der Waals surface area contributed by atoms with E-state index in [2.05, 4.69) is 20.6 Å². The highest BCUT2D eigenvalue weighted by atomic mass is 19.1. The summed E-state index contributed by atoms with van der Waals surface area (Å²) in [4.78, 5) is 44.7. The van der Waals surface area contributed by atoms with Crippen LogP contribution in [0.4, 0.5) is 4.39 Å². The van der Waals surface area contributed by atoms with Gasteiger partial charge in [0.05, 0.1) is 16.7 Å².